The van der Waals surface area contributed by atoms with Gasteiger partial charge in [0.2, 0.25) is 0 Å². The summed E-state index contributed by atoms with van der Waals surface area (Å²) in [5.41, 5.74) is 10.2. The fourth-order valence-electron chi connectivity index (χ4n) is 2.21. The Morgan fingerprint density at radius 1 is 1.35 bits per heavy atom. The SMILES string of the molecule is CCCC(N)Cc1nc2cc(C)cc(C)c2o1. The van der Waals surface area contributed by atoms with Crippen molar-refractivity contribution >= 4 is 11.1 Å². The summed E-state index contributed by atoms with van der Waals surface area (Å²) >= 11 is 0. The lowest BCUT2D eigenvalue weighted by atomic mass is 10.1. The van der Waals surface area contributed by atoms with Crippen molar-refractivity contribution in [2.45, 2.75) is 46.1 Å². The van der Waals surface area contributed by atoms with Crippen molar-refractivity contribution in [2.75, 3.05) is 0 Å². The molecule has 1 aromatic carbocycles. The van der Waals surface area contributed by atoms with Gasteiger partial charge in [-0.2, -0.15) is 0 Å². The average Bonchev–Trinajstić information content (AvgIpc) is 2.60. The zero-order chi connectivity index (χ0) is 12.4. The Balaban J connectivity index is 2.28. The quantitative estimate of drug-likeness (QED) is 0.881. The van der Waals surface area contributed by atoms with E-state index in [9.17, 15) is 0 Å². The number of hydrogen-bond acceptors (Lipinski definition) is 3. The summed E-state index contributed by atoms with van der Waals surface area (Å²) in [7, 11) is 0. The van der Waals surface area contributed by atoms with Gasteiger partial charge in [-0.05, 0) is 37.5 Å². The topological polar surface area (TPSA) is 52.0 Å². The second kappa shape index (κ2) is 4.88. The van der Waals surface area contributed by atoms with Crippen molar-refractivity contribution in [3.8, 4) is 0 Å². The fraction of sp³-hybridized carbons (Fsp3) is 0.500. The molecule has 17 heavy (non-hydrogen) atoms. The Kier molecular flexibility index (Phi) is 3.48. The highest BCUT2D eigenvalue weighted by Crippen LogP contribution is 2.22. The van der Waals surface area contributed by atoms with Gasteiger partial charge in [-0.1, -0.05) is 19.4 Å². The largest absolute Gasteiger partial charge is 0.440 e. The Morgan fingerprint density at radius 2 is 2.12 bits per heavy atom. The lowest BCUT2D eigenvalue weighted by Crippen LogP contribution is -2.22. The van der Waals surface area contributed by atoms with Crippen LogP contribution in [0.15, 0.2) is 16.5 Å². The molecule has 0 aliphatic carbocycles. The Morgan fingerprint density at radius 3 is 2.82 bits per heavy atom. The van der Waals surface area contributed by atoms with E-state index < -0.39 is 0 Å². The van der Waals surface area contributed by atoms with Crippen LogP contribution in [-0.2, 0) is 6.42 Å². The second-order valence-corrected chi connectivity index (χ2v) is 4.79. The maximum absolute atomic E-state index is 6.01. The van der Waals surface area contributed by atoms with Gasteiger partial charge in [-0.3, -0.25) is 0 Å². The third-order valence-corrected chi connectivity index (χ3v) is 2.96. The number of oxazole rings is 1. The third-order valence-electron chi connectivity index (χ3n) is 2.96. The minimum atomic E-state index is 0.148. The molecular formula is C14H20N2O. The van der Waals surface area contributed by atoms with E-state index in [0.717, 1.165) is 41.8 Å². The van der Waals surface area contributed by atoms with E-state index >= 15 is 0 Å². The van der Waals surface area contributed by atoms with Gasteiger partial charge in [-0.25, -0.2) is 4.98 Å². The lowest BCUT2D eigenvalue weighted by molar-refractivity contribution is 0.480. The first-order valence-electron chi connectivity index (χ1n) is 6.22. The highest BCUT2D eigenvalue weighted by atomic mass is 16.3. The summed E-state index contributed by atoms with van der Waals surface area (Å²) in [4.78, 5) is 4.51. The monoisotopic (exact) mass is 232 g/mol. The molecule has 0 radical (unpaired) electrons. The van der Waals surface area contributed by atoms with Crippen LogP contribution in [0.1, 0.15) is 36.8 Å². The van der Waals surface area contributed by atoms with Crippen LogP contribution in [0.2, 0.25) is 0 Å². The highest BCUT2D eigenvalue weighted by Gasteiger charge is 2.11. The molecule has 0 amide bonds. The molecule has 1 unspecified atom stereocenters. The van der Waals surface area contributed by atoms with Crippen molar-refractivity contribution in [1.82, 2.24) is 4.98 Å². The van der Waals surface area contributed by atoms with Gasteiger partial charge in [0, 0.05) is 12.5 Å². The van der Waals surface area contributed by atoms with Crippen LogP contribution >= 0.6 is 0 Å². The van der Waals surface area contributed by atoms with Gasteiger partial charge in [0.05, 0.1) is 0 Å². The number of rotatable bonds is 4. The number of hydrogen-bond donors (Lipinski definition) is 1. The maximum atomic E-state index is 6.01. The molecule has 3 nitrogen and oxygen atoms in total. The number of fused-ring (bicyclic) bond motifs is 1. The summed E-state index contributed by atoms with van der Waals surface area (Å²) in [6.45, 7) is 6.26. The zero-order valence-corrected chi connectivity index (χ0v) is 10.8. The number of nitrogens with two attached hydrogens (primary N) is 1. The molecule has 0 aliphatic heterocycles. The number of aryl methyl sites for hydroxylation is 2. The minimum absolute atomic E-state index is 0.148. The van der Waals surface area contributed by atoms with E-state index in [0.29, 0.717) is 0 Å². The molecule has 1 heterocycles. The molecule has 0 fully saturated rings. The van der Waals surface area contributed by atoms with Crippen LogP contribution in [0.25, 0.3) is 11.1 Å². The molecule has 0 spiro atoms. The van der Waals surface area contributed by atoms with Crippen LogP contribution in [-0.4, -0.2) is 11.0 Å². The van der Waals surface area contributed by atoms with E-state index in [2.05, 4.69) is 37.9 Å². The van der Waals surface area contributed by atoms with E-state index in [1.165, 1.54) is 5.56 Å². The van der Waals surface area contributed by atoms with E-state index in [4.69, 9.17) is 10.2 Å². The van der Waals surface area contributed by atoms with E-state index in [-0.39, 0.29) is 6.04 Å². The minimum Gasteiger partial charge on any atom is -0.440 e. The van der Waals surface area contributed by atoms with Crippen molar-refractivity contribution in [2.24, 2.45) is 5.73 Å². The molecule has 1 aromatic heterocycles. The van der Waals surface area contributed by atoms with Crippen molar-refractivity contribution < 1.29 is 4.42 Å². The molecule has 3 heteroatoms. The number of nitrogens with zero attached hydrogens (tertiary/aromatic N) is 1. The van der Waals surface area contributed by atoms with Crippen molar-refractivity contribution in [1.29, 1.82) is 0 Å². The van der Waals surface area contributed by atoms with Crippen molar-refractivity contribution in [3.63, 3.8) is 0 Å². The van der Waals surface area contributed by atoms with Crippen LogP contribution in [0.5, 0.6) is 0 Å². The molecule has 1 atom stereocenters. The number of benzene rings is 1. The highest BCUT2D eigenvalue weighted by molar-refractivity contribution is 5.77. The Hall–Kier alpha value is -1.35. The van der Waals surface area contributed by atoms with Gasteiger partial charge < -0.3 is 10.2 Å². The van der Waals surface area contributed by atoms with Gasteiger partial charge in [0.1, 0.15) is 5.52 Å². The molecule has 2 N–H and O–H groups in total. The van der Waals surface area contributed by atoms with Crippen LogP contribution < -0.4 is 5.73 Å². The summed E-state index contributed by atoms with van der Waals surface area (Å²) < 4.78 is 5.78. The van der Waals surface area contributed by atoms with E-state index in [1.807, 2.05) is 0 Å². The Labute approximate surface area is 102 Å². The van der Waals surface area contributed by atoms with Crippen LogP contribution in [0.4, 0.5) is 0 Å². The summed E-state index contributed by atoms with van der Waals surface area (Å²) in [5.74, 6) is 0.759. The van der Waals surface area contributed by atoms with Gasteiger partial charge in [0.25, 0.3) is 0 Å². The molecule has 2 aromatic rings. The van der Waals surface area contributed by atoms with Gasteiger partial charge >= 0.3 is 0 Å². The molecule has 0 aliphatic rings. The molecule has 0 saturated heterocycles. The van der Waals surface area contributed by atoms with Crippen LogP contribution in [0, 0.1) is 13.8 Å². The standard InChI is InChI=1S/C14H20N2O/c1-4-5-11(15)8-13-16-12-7-9(2)6-10(3)14(12)17-13/h6-7,11H,4-5,8,15H2,1-3H3. The summed E-state index contributed by atoms with van der Waals surface area (Å²) in [6.07, 6.45) is 2.83. The predicted octanol–water partition coefficient (Wildman–Crippen LogP) is 3.11. The Bertz CT molecular complexity index is 516. The lowest BCUT2D eigenvalue weighted by Gasteiger charge is -2.05. The molecule has 2 rings (SSSR count). The molecule has 0 saturated carbocycles. The first-order valence-corrected chi connectivity index (χ1v) is 6.22. The smallest absolute Gasteiger partial charge is 0.197 e. The van der Waals surface area contributed by atoms with Crippen LogP contribution in [0.3, 0.4) is 0 Å². The average molecular weight is 232 g/mol. The van der Waals surface area contributed by atoms with Gasteiger partial charge in [-0.15, -0.1) is 0 Å². The second-order valence-electron chi connectivity index (χ2n) is 4.79. The zero-order valence-electron chi connectivity index (χ0n) is 10.8. The normalized spacial score (nSPS) is 13.2. The first kappa shape index (κ1) is 12.1. The summed E-state index contributed by atoms with van der Waals surface area (Å²) in [6, 6.07) is 4.32. The van der Waals surface area contributed by atoms with Gasteiger partial charge in [0.15, 0.2) is 11.5 Å². The summed E-state index contributed by atoms with van der Waals surface area (Å²) in [5, 5.41) is 0. The molecule has 92 valence electrons. The fourth-order valence-corrected chi connectivity index (χ4v) is 2.21. The molecular weight excluding hydrogens is 212 g/mol. The first-order chi connectivity index (χ1) is 8.10. The number of aromatic nitrogens is 1. The predicted molar refractivity (Wildman–Crippen MR) is 70.1 cm³/mol. The molecule has 0 bridgehead atoms. The maximum Gasteiger partial charge on any atom is 0.197 e. The van der Waals surface area contributed by atoms with Crippen molar-refractivity contribution in [3.05, 3.63) is 29.2 Å². The third kappa shape index (κ3) is 2.67. The van der Waals surface area contributed by atoms with E-state index in [1.54, 1.807) is 0 Å².